The number of carbonyl (C=O) groups is 2. The molecule has 1 N–H and O–H groups in total. The van der Waals surface area contributed by atoms with Gasteiger partial charge in [-0.15, -0.1) is 0 Å². The first kappa shape index (κ1) is 15.8. The summed E-state index contributed by atoms with van der Waals surface area (Å²) >= 11 is 0. The minimum atomic E-state index is -3.12. The fraction of sp³-hybridized carbons (Fsp3) is 0.500. The highest BCUT2D eigenvalue weighted by molar-refractivity contribution is 5.96. The van der Waals surface area contributed by atoms with E-state index in [0.717, 1.165) is 11.0 Å². The SMILES string of the molecule is Cc1cc(F)ccc1C(=O)N1CC(F)(F)C[C@]2(CCNC2=O)C1. The third kappa shape index (κ3) is 2.80. The lowest BCUT2D eigenvalue weighted by Crippen LogP contribution is -2.57. The quantitative estimate of drug-likeness (QED) is 0.859. The van der Waals surface area contributed by atoms with Crippen molar-refractivity contribution >= 4 is 11.8 Å². The average molecular weight is 326 g/mol. The number of halogens is 3. The number of alkyl halides is 2. The molecule has 1 aromatic carbocycles. The van der Waals surface area contributed by atoms with Gasteiger partial charge in [0.15, 0.2) is 0 Å². The van der Waals surface area contributed by atoms with Gasteiger partial charge in [0.25, 0.3) is 11.8 Å². The van der Waals surface area contributed by atoms with Crippen molar-refractivity contribution in [1.29, 1.82) is 0 Å². The van der Waals surface area contributed by atoms with Crippen molar-refractivity contribution in [3.05, 3.63) is 35.1 Å². The Labute approximate surface area is 131 Å². The van der Waals surface area contributed by atoms with Gasteiger partial charge in [-0.25, -0.2) is 13.2 Å². The number of piperidine rings is 1. The molecule has 0 aromatic heterocycles. The van der Waals surface area contributed by atoms with Gasteiger partial charge in [0.05, 0.1) is 12.0 Å². The number of nitrogens with one attached hydrogen (secondary N) is 1. The maximum Gasteiger partial charge on any atom is 0.266 e. The van der Waals surface area contributed by atoms with Crippen LogP contribution in [0.25, 0.3) is 0 Å². The van der Waals surface area contributed by atoms with E-state index in [4.69, 9.17) is 0 Å². The number of nitrogens with zero attached hydrogens (tertiary/aromatic N) is 1. The van der Waals surface area contributed by atoms with Crippen molar-refractivity contribution in [3.8, 4) is 0 Å². The molecule has 2 fully saturated rings. The summed E-state index contributed by atoms with van der Waals surface area (Å²) in [5, 5.41) is 2.58. The zero-order valence-electron chi connectivity index (χ0n) is 12.7. The molecular formula is C16H17F3N2O2. The van der Waals surface area contributed by atoms with Crippen LogP contribution >= 0.6 is 0 Å². The molecule has 2 saturated heterocycles. The Morgan fingerprint density at radius 3 is 2.65 bits per heavy atom. The van der Waals surface area contributed by atoms with Gasteiger partial charge in [-0.05, 0) is 37.1 Å². The third-order valence-electron chi connectivity index (χ3n) is 4.59. The number of likely N-dealkylation sites (tertiary alicyclic amines) is 1. The van der Waals surface area contributed by atoms with E-state index in [1.807, 2.05) is 0 Å². The smallest absolute Gasteiger partial charge is 0.266 e. The molecule has 0 bridgehead atoms. The predicted molar refractivity (Wildman–Crippen MR) is 76.7 cm³/mol. The van der Waals surface area contributed by atoms with Crippen LogP contribution < -0.4 is 5.32 Å². The summed E-state index contributed by atoms with van der Waals surface area (Å²) in [6, 6.07) is 3.61. The van der Waals surface area contributed by atoms with Crippen molar-refractivity contribution < 1.29 is 22.8 Å². The van der Waals surface area contributed by atoms with Gasteiger partial charge < -0.3 is 10.2 Å². The van der Waals surface area contributed by atoms with Gasteiger partial charge in [-0.1, -0.05) is 0 Å². The molecule has 124 valence electrons. The van der Waals surface area contributed by atoms with Crippen LogP contribution in [0.4, 0.5) is 13.2 Å². The number of hydrogen-bond acceptors (Lipinski definition) is 2. The summed E-state index contributed by atoms with van der Waals surface area (Å²) in [6.45, 7) is 1.13. The molecule has 1 aromatic rings. The Morgan fingerprint density at radius 1 is 1.30 bits per heavy atom. The summed E-state index contributed by atoms with van der Waals surface area (Å²) in [5.41, 5.74) is -0.669. The fourth-order valence-electron chi connectivity index (χ4n) is 3.52. The Kier molecular flexibility index (Phi) is 3.61. The van der Waals surface area contributed by atoms with Crippen molar-refractivity contribution in [2.24, 2.45) is 5.41 Å². The first-order valence-corrected chi connectivity index (χ1v) is 7.44. The highest BCUT2D eigenvalue weighted by Crippen LogP contribution is 2.43. The Hall–Kier alpha value is -2.05. The molecule has 2 heterocycles. The van der Waals surface area contributed by atoms with E-state index in [-0.39, 0.29) is 18.5 Å². The molecular weight excluding hydrogens is 309 g/mol. The van der Waals surface area contributed by atoms with Crippen LogP contribution in [-0.4, -0.2) is 42.3 Å². The van der Waals surface area contributed by atoms with Gasteiger partial charge >= 0.3 is 0 Å². The van der Waals surface area contributed by atoms with Gasteiger partial charge in [-0.3, -0.25) is 9.59 Å². The molecule has 2 amide bonds. The zero-order chi connectivity index (χ0) is 16.8. The van der Waals surface area contributed by atoms with Gasteiger partial charge in [0, 0.05) is 25.1 Å². The third-order valence-corrected chi connectivity index (χ3v) is 4.59. The first-order valence-electron chi connectivity index (χ1n) is 7.44. The predicted octanol–water partition coefficient (Wildman–Crippen LogP) is 2.12. The second-order valence-corrected chi connectivity index (χ2v) is 6.44. The highest BCUT2D eigenvalue weighted by atomic mass is 19.3. The summed E-state index contributed by atoms with van der Waals surface area (Å²) in [4.78, 5) is 25.7. The van der Waals surface area contributed by atoms with E-state index in [1.54, 1.807) is 6.92 Å². The normalized spacial score (nSPS) is 26.4. The Balaban J connectivity index is 1.92. The fourth-order valence-corrected chi connectivity index (χ4v) is 3.52. The van der Waals surface area contributed by atoms with Crippen LogP contribution in [0.3, 0.4) is 0 Å². The topological polar surface area (TPSA) is 49.4 Å². The van der Waals surface area contributed by atoms with Crippen LogP contribution in [0, 0.1) is 18.2 Å². The van der Waals surface area contributed by atoms with Crippen LogP contribution in [0.2, 0.25) is 0 Å². The number of aryl methyl sites for hydroxylation is 1. The largest absolute Gasteiger partial charge is 0.356 e. The Morgan fingerprint density at radius 2 is 2.04 bits per heavy atom. The highest BCUT2D eigenvalue weighted by Gasteiger charge is 2.55. The summed E-state index contributed by atoms with van der Waals surface area (Å²) in [7, 11) is 0. The van der Waals surface area contributed by atoms with Gasteiger partial charge in [0.2, 0.25) is 5.91 Å². The summed E-state index contributed by atoms with van der Waals surface area (Å²) in [6.07, 6.45) is -0.258. The number of hydrogen-bond donors (Lipinski definition) is 1. The maximum absolute atomic E-state index is 14.1. The van der Waals surface area contributed by atoms with E-state index < -0.39 is 41.9 Å². The van der Waals surface area contributed by atoms with E-state index in [1.165, 1.54) is 12.1 Å². The van der Waals surface area contributed by atoms with E-state index in [0.29, 0.717) is 12.1 Å². The summed E-state index contributed by atoms with van der Waals surface area (Å²) in [5.74, 6) is -4.63. The van der Waals surface area contributed by atoms with E-state index >= 15 is 0 Å². The van der Waals surface area contributed by atoms with Gasteiger partial charge in [-0.2, -0.15) is 0 Å². The second-order valence-electron chi connectivity index (χ2n) is 6.44. The van der Waals surface area contributed by atoms with Crippen LogP contribution in [0.5, 0.6) is 0 Å². The van der Waals surface area contributed by atoms with Crippen LogP contribution in [0.15, 0.2) is 18.2 Å². The van der Waals surface area contributed by atoms with E-state index in [9.17, 15) is 22.8 Å². The Bertz CT molecular complexity index is 677. The molecule has 1 spiro atoms. The molecule has 2 aliphatic heterocycles. The standard InChI is InChI=1S/C16H17F3N2O2/c1-10-6-11(17)2-3-12(10)13(22)21-8-15(4-5-20-14(15)23)7-16(18,19)9-21/h2-3,6H,4-5,7-9H2,1H3,(H,20,23)/t15-/m1/s1. The van der Waals surface area contributed by atoms with Crippen molar-refractivity contribution in [3.63, 3.8) is 0 Å². The monoisotopic (exact) mass is 326 g/mol. The summed E-state index contributed by atoms with van der Waals surface area (Å²) < 4.78 is 41.4. The maximum atomic E-state index is 14.1. The molecule has 1 atom stereocenters. The molecule has 23 heavy (non-hydrogen) atoms. The lowest BCUT2D eigenvalue weighted by Gasteiger charge is -2.42. The number of carbonyl (C=O) groups excluding carboxylic acids is 2. The first-order chi connectivity index (χ1) is 10.7. The number of amides is 2. The molecule has 0 unspecified atom stereocenters. The number of benzene rings is 1. The van der Waals surface area contributed by atoms with Crippen molar-refractivity contribution in [2.75, 3.05) is 19.6 Å². The molecule has 2 aliphatic rings. The second kappa shape index (κ2) is 5.25. The van der Waals surface area contributed by atoms with Gasteiger partial charge in [0.1, 0.15) is 5.82 Å². The molecule has 7 heteroatoms. The van der Waals surface area contributed by atoms with Crippen LogP contribution in [0.1, 0.15) is 28.8 Å². The lowest BCUT2D eigenvalue weighted by molar-refractivity contribution is -0.144. The zero-order valence-corrected chi connectivity index (χ0v) is 12.7. The lowest BCUT2D eigenvalue weighted by atomic mass is 9.77. The molecule has 0 radical (unpaired) electrons. The minimum Gasteiger partial charge on any atom is -0.356 e. The van der Waals surface area contributed by atoms with E-state index in [2.05, 4.69) is 5.32 Å². The molecule has 3 rings (SSSR count). The van der Waals surface area contributed by atoms with Crippen LogP contribution in [-0.2, 0) is 4.79 Å². The molecule has 0 saturated carbocycles. The molecule has 4 nitrogen and oxygen atoms in total. The molecule has 0 aliphatic carbocycles. The number of rotatable bonds is 1. The van der Waals surface area contributed by atoms with Crippen molar-refractivity contribution in [1.82, 2.24) is 10.2 Å². The minimum absolute atomic E-state index is 0.0376. The van der Waals surface area contributed by atoms with Crippen molar-refractivity contribution in [2.45, 2.75) is 25.7 Å². The average Bonchev–Trinajstić information content (AvgIpc) is 2.76.